The molecule has 4 heteroatoms. The van der Waals surface area contributed by atoms with Crippen LogP contribution in [-0.2, 0) is 4.74 Å². The molecule has 0 radical (unpaired) electrons. The van der Waals surface area contributed by atoms with Crippen molar-refractivity contribution in [3.05, 3.63) is 54.2 Å². The Bertz CT molecular complexity index is 713. The van der Waals surface area contributed by atoms with Gasteiger partial charge < -0.3 is 9.15 Å². The first-order chi connectivity index (χ1) is 9.28. The van der Waals surface area contributed by atoms with E-state index >= 15 is 0 Å². The number of hydrogen-bond acceptors (Lipinski definition) is 4. The minimum absolute atomic E-state index is 0.389. The zero-order chi connectivity index (χ0) is 13.2. The van der Waals surface area contributed by atoms with Gasteiger partial charge in [-0.05, 0) is 24.3 Å². The van der Waals surface area contributed by atoms with E-state index in [1.54, 1.807) is 18.3 Å². The molecule has 0 saturated heterocycles. The molecule has 1 aromatic carbocycles. The minimum Gasteiger partial charge on any atom is -0.465 e. The Balaban J connectivity index is 2.08. The second-order valence-corrected chi connectivity index (χ2v) is 4.07. The Morgan fingerprint density at radius 1 is 1.21 bits per heavy atom. The molecule has 0 spiro atoms. The van der Waals surface area contributed by atoms with Crippen LogP contribution in [0.3, 0.4) is 0 Å². The maximum Gasteiger partial charge on any atom is 0.337 e. The van der Waals surface area contributed by atoms with Crippen molar-refractivity contribution in [1.82, 2.24) is 4.98 Å². The van der Waals surface area contributed by atoms with E-state index in [2.05, 4.69) is 9.72 Å². The molecule has 0 amide bonds. The van der Waals surface area contributed by atoms with Gasteiger partial charge in [-0.3, -0.25) is 4.98 Å². The molecule has 4 nitrogen and oxygen atoms in total. The molecular weight excluding hydrogens is 242 g/mol. The standard InChI is InChI=1S/C15H11NO3/c1-18-15(17)11-6-7-16-12(8-11)14-9-10-4-2-3-5-13(10)19-14/h2-9H,1H3. The fourth-order valence-electron chi connectivity index (χ4n) is 1.92. The summed E-state index contributed by atoms with van der Waals surface area (Å²) in [6.45, 7) is 0. The lowest BCUT2D eigenvalue weighted by atomic mass is 10.2. The summed E-state index contributed by atoms with van der Waals surface area (Å²) in [4.78, 5) is 15.7. The predicted octanol–water partition coefficient (Wildman–Crippen LogP) is 3.28. The summed E-state index contributed by atoms with van der Waals surface area (Å²) >= 11 is 0. The number of methoxy groups -OCH3 is 1. The van der Waals surface area contributed by atoms with E-state index < -0.39 is 0 Å². The number of furan rings is 1. The fourth-order valence-corrected chi connectivity index (χ4v) is 1.92. The number of aromatic nitrogens is 1. The molecule has 3 aromatic rings. The summed E-state index contributed by atoms with van der Waals surface area (Å²) in [5.74, 6) is 0.242. The summed E-state index contributed by atoms with van der Waals surface area (Å²) in [7, 11) is 1.35. The molecule has 0 atom stereocenters. The Hall–Kier alpha value is -2.62. The number of nitrogens with zero attached hydrogens (tertiary/aromatic N) is 1. The average molecular weight is 253 g/mol. The first kappa shape index (κ1) is 11.5. The van der Waals surface area contributed by atoms with Crippen LogP contribution in [0.2, 0.25) is 0 Å². The molecule has 0 fully saturated rings. The van der Waals surface area contributed by atoms with Gasteiger partial charge in [-0.2, -0.15) is 0 Å². The van der Waals surface area contributed by atoms with Gasteiger partial charge >= 0.3 is 5.97 Å². The number of carbonyl (C=O) groups is 1. The quantitative estimate of drug-likeness (QED) is 0.658. The molecule has 19 heavy (non-hydrogen) atoms. The second-order valence-electron chi connectivity index (χ2n) is 4.07. The molecule has 0 N–H and O–H groups in total. The normalized spacial score (nSPS) is 10.6. The van der Waals surface area contributed by atoms with Crippen LogP contribution in [0.25, 0.3) is 22.4 Å². The van der Waals surface area contributed by atoms with E-state index in [9.17, 15) is 4.79 Å². The van der Waals surface area contributed by atoms with Gasteiger partial charge in [0.15, 0.2) is 5.76 Å². The Labute approximate surface area is 109 Å². The summed E-state index contributed by atoms with van der Waals surface area (Å²) in [5.41, 5.74) is 1.86. The first-order valence-corrected chi connectivity index (χ1v) is 5.81. The van der Waals surface area contributed by atoms with Crippen LogP contribution in [0, 0.1) is 0 Å². The Morgan fingerprint density at radius 2 is 2.05 bits per heavy atom. The molecule has 2 heterocycles. The highest BCUT2D eigenvalue weighted by molar-refractivity contribution is 5.90. The van der Waals surface area contributed by atoms with Crippen LogP contribution in [0.4, 0.5) is 0 Å². The van der Waals surface area contributed by atoms with Gasteiger partial charge in [-0.1, -0.05) is 18.2 Å². The van der Waals surface area contributed by atoms with Gasteiger partial charge in [0.05, 0.1) is 12.7 Å². The molecule has 0 aliphatic carbocycles. The van der Waals surface area contributed by atoms with E-state index in [0.29, 0.717) is 17.0 Å². The predicted molar refractivity (Wildman–Crippen MR) is 70.8 cm³/mol. The number of pyridine rings is 1. The largest absolute Gasteiger partial charge is 0.465 e. The van der Waals surface area contributed by atoms with Crippen LogP contribution in [0.1, 0.15) is 10.4 Å². The number of hydrogen-bond donors (Lipinski definition) is 0. The van der Waals surface area contributed by atoms with E-state index in [4.69, 9.17) is 4.42 Å². The van der Waals surface area contributed by atoms with Gasteiger partial charge in [0, 0.05) is 11.6 Å². The third-order valence-corrected chi connectivity index (χ3v) is 2.86. The maximum absolute atomic E-state index is 11.5. The molecule has 3 rings (SSSR count). The van der Waals surface area contributed by atoms with E-state index in [1.165, 1.54) is 7.11 Å². The van der Waals surface area contributed by atoms with Crippen LogP contribution in [0.5, 0.6) is 0 Å². The molecule has 0 aliphatic rings. The fraction of sp³-hybridized carbons (Fsp3) is 0.0667. The topological polar surface area (TPSA) is 52.3 Å². The van der Waals surface area contributed by atoms with Gasteiger partial charge in [0.2, 0.25) is 0 Å². The zero-order valence-corrected chi connectivity index (χ0v) is 10.3. The number of rotatable bonds is 2. The monoisotopic (exact) mass is 253 g/mol. The maximum atomic E-state index is 11.5. The molecule has 94 valence electrons. The lowest BCUT2D eigenvalue weighted by Crippen LogP contribution is -2.01. The van der Waals surface area contributed by atoms with Gasteiger partial charge in [0.1, 0.15) is 11.3 Å². The van der Waals surface area contributed by atoms with E-state index in [0.717, 1.165) is 11.0 Å². The summed E-state index contributed by atoms with van der Waals surface area (Å²) in [6, 6.07) is 12.9. The van der Waals surface area contributed by atoms with Crippen molar-refractivity contribution >= 4 is 16.9 Å². The zero-order valence-electron chi connectivity index (χ0n) is 10.3. The molecular formula is C15H11NO3. The second kappa shape index (κ2) is 4.57. The van der Waals surface area contributed by atoms with Crippen molar-refractivity contribution in [2.24, 2.45) is 0 Å². The van der Waals surface area contributed by atoms with Crippen molar-refractivity contribution in [3.63, 3.8) is 0 Å². The number of fused-ring (bicyclic) bond motifs is 1. The summed E-state index contributed by atoms with van der Waals surface area (Å²) < 4.78 is 10.4. The summed E-state index contributed by atoms with van der Waals surface area (Å²) in [5, 5.41) is 1.00. The smallest absolute Gasteiger partial charge is 0.337 e. The Morgan fingerprint density at radius 3 is 2.84 bits per heavy atom. The van der Waals surface area contributed by atoms with Crippen molar-refractivity contribution in [3.8, 4) is 11.5 Å². The average Bonchev–Trinajstić information content (AvgIpc) is 2.90. The van der Waals surface area contributed by atoms with E-state index in [-0.39, 0.29) is 5.97 Å². The third-order valence-electron chi connectivity index (χ3n) is 2.86. The van der Waals surface area contributed by atoms with Gasteiger partial charge in [-0.25, -0.2) is 4.79 Å². The number of esters is 1. The lowest BCUT2D eigenvalue weighted by Gasteiger charge is -2.00. The number of benzene rings is 1. The van der Waals surface area contributed by atoms with Crippen molar-refractivity contribution < 1.29 is 13.9 Å². The number of para-hydroxylation sites is 1. The highest BCUT2D eigenvalue weighted by Crippen LogP contribution is 2.26. The van der Waals surface area contributed by atoms with Gasteiger partial charge in [0.25, 0.3) is 0 Å². The van der Waals surface area contributed by atoms with Crippen LogP contribution in [-0.4, -0.2) is 18.1 Å². The SMILES string of the molecule is COC(=O)c1ccnc(-c2cc3ccccc3o2)c1. The molecule has 2 aromatic heterocycles. The van der Waals surface area contributed by atoms with Crippen molar-refractivity contribution in [2.75, 3.05) is 7.11 Å². The van der Waals surface area contributed by atoms with Gasteiger partial charge in [-0.15, -0.1) is 0 Å². The van der Waals surface area contributed by atoms with Crippen LogP contribution >= 0.6 is 0 Å². The van der Waals surface area contributed by atoms with Crippen LogP contribution in [0.15, 0.2) is 53.1 Å². The van der Waals surface area contributed by atoms with Crippen LogP contribution < -0.4 is 0 Å². The van der Waals surface area contributed by atoms with E-state index in [1.807, 2.05) is 30.3 Å². The number of carbonyl (C=O) groups excluding carboxylic acids is 1. The molecule has 0 aliphatic heterocycles. The lowest BCUT2D eigenvalue weighted by molar-refractivity contribution is 0.0600. The molecule has 0 unspecified atom stereocenters. The van der Waals surface area contributed by atoms with Crippen molar-refractivity contribution in [2.45, 2.75) is 0 Å². The minimum atomic E-state index is -0.389. The Kier molecular flexibility index (Phi) is 2.76. The number of ether oxygens (including phenoxy) is 1. The first-order valence-electron chi connectivity index (χ1n) is 5.81. The molecule has 0 saturated carbocycles. The highest BCUT2D eigenvalue weighted by Gasteiger charge is 2.11. The highest BCUT2D eigenvalue weighted by atomic mass is 16.5. The third kappa shape index (κ3) is 2.08. The van der Waals surface area contributed by atoms with Crippen molar-refractivity contribution in [1.29, 1.82) is 0 Å². The molecule has 0 bridgehead atoms. The summed E-state index contributed by atoms with van der Waals surface area (Å²) in [6.07, 6.45) is 1.56.